The highest BCUT2D eigenvalue weighted by Crippen LogP contribution is 2.24. The Bertz CT molecular complexity index is 682. The van der Waals surface area contributed by atoms with E-state index in [1.165, 1.54) is 6.07 Å². The van der Waals surface area contributed by atoms with E-state index in [0.29, 0.717) is 23.1 Å². The number of nitrogens with zero attached hydrogens (tertiary/aromatic N) is 2. The van der Waals surface area contributed by atoms with E-state index in [1.807, 2.05) is 6.92 Å². The smallest absolute Gasteiger partial charge is 0.274 e. The van der Waals surface area contributed by atoms with Crippen LogP contribution in [0.25, 0.3) is 0 Å². The predicted octanol–water partition coefficient (Wildman–Crippen LogP) is 3.88. The summed E-state index contributed by atoms with van der Waals surface area (Å²) in [5, 5.41) is 6.74. The Kier molecular flexibility index (Phi) is 4.77. The van der Waals surface area contributed by atoms with Gasteiger partial charge in [0.25, 0.3) is 5.91 Å². The number of amides is 1. The second-order valence-corrected chi connectivity index (χ2v) is 5.64. The number of hydrogen-bond donors (Lipinski definition) is 1. The molecular weight excluding hydrogens is 337 g/mol. The molecule has 4 nitrogen and oxygen atoms in total. The fourth-order valence-electron chi connectivity index (χ4n) is 2.03. The monoisotopic (exact) mass is 352 g/mol. The Morgan fingerprint density at radius 1 is 1.43 bits per heavy atom. The first-order valence-electron chi connectivity index (χ1n) is 6.52. The van der Waals surface area contributed by atoms with E-state index in [0.717, 1.165) is 11.1 Å². The summed E-state index contributed by atoms with van der Waals surface area (Å²) in [6.07, 6.45) is 2.24. The fraction of sp³-hybridized carbons (Fsp3) is 0.267. The number of nitrogens with one attached hydrogen (secondary N) is 1. The normalized spacial score (nSPS) is 10.7. The molecule has 2 rings (SSSR count). The Morgan fingerprint density at radius 3 is 2.81 bits per heavy atom. The number of carbonyl (C=O) groups is 1. The topological polar surface area (TPSA) is 46.9 Å². The van der Waals surface area contributed by atoms with Crippen molar-refractivity contribution < 1.29 is 9.18 Å². The maximum absolute atomic E-state index is 13.9. The quantitative estimate of drug-likeness (QED) is 0.907. The number of halogens is 2. The second-order valence-electron chi connectivity index (χ2n) is 4.79. The number of hydrogen-bond acceptors (Lipinski definition) is 2. The molecule has 0 saturated carbocycles. The minimum absolute atomic E-state index is 0.155. The molecule has 0 atom stereocenters. The van der Waals surface area contributed by atoms with Crippen molar-refractivity contribution in [3.8, 4) is 0 Å². The largest absolute Gasteiger partial charge is 0.318 e. The summed E-state index contributed by atoms with van der Waals surface area (Å²) in [7, 11) is 0. The molecule has 0 aliphatic rings. The first-order valence-corrected chi connectivity index (χ1v) is 7.32. The minimum Gasteiger partial charge on any atom is -0.318 e. The van der Waals surface area contributed by atoms with Crippen molar-refractivity contribution in [1.82, 2.24) is 9.78 Å². The average Bonchev–Trinajstić information content (AvgIpc) is 2.77. The number of anilines is 1. The Hall–Kier alpha value is -1.69. The van der Waals surface area contributed by atoms with Crippen molar-refractivity contribution in [2.75, 3.05) is 5.32 Å². The summed E-state index contributed by atoms with van der Waals surface area (Å²) in [5.74, 6) is -0.860. The molecule has 2 aromatic rings. The van der Waals surface area contributed by atoms with Crippen LogP contribution in [0.2, 0.25) is 0 Å². The van der Waals surface area contributed by atoms with Crippen LogP contribution >= 0.6 is 15.9 Å². The van der Waals surface area contributed by atoms with Gasteiger partial charge in [0.05, 0.1) is 11.9 Å². The molecule has 0 aliphatic carbocycles. The molecule has 0 saturated heterocycles. The van der Waals surface area contributed by atoms with Gasteiger partial charge in [0.2, 0.25) is 0 Å². The highest BCUT2D eigenvalue weighted by atomic mass is 79.9. The van der Waals surface area contributed by atoms with E-state index in [2.05, 4.69) is 33.3 Å². The zero-order valence-corrected chi connectivity index (χ0v) is 13.5. The lowest BCUT2D eigenvalue weighted by molar-refractivity contribution is 0.101. The van der Waals surface area contributed by atoms with E-state index in [9.17, 15) is 9.18 Å². The molecule has 0 unspecified atom stereocenters. The Balaban J connectivity index is 2.30. The maximum atomic E-state index is 13.9. The fourth-order valence-corrected chi connectivity index (χ4v) is 2.34. The van der Waals surface area contributed by atoms with Crippen LogP contribution in [0, 0.1) is 26.6 Å². The van der Waals surface area contributed by atoms with E-state index in [4.69, 9.17) is 0 Å². The highest BCUT2D eigenvalue weighted by Gasteiger charge is 2.17. The molecule has 1 aromatic carbocycles. The van der Waals surface area contributed by atoms with Crippen LogP contribution < -0.4 is 5.32 Å². The minimum atomic E-state index is -0.485. The Morgan fingerprint density at radius 2 is 2.14 bits per heavy atom. The van der Waals surface area contributed by atoms with Crippen molar-refractivity contribution >= 4 is 27.5 Å². The summed E-state index contributed by atoms with van der Waals surface area (Å²) in [5.41, 5.74) is 2.17. The Labute approximate surface area is 131 Å². The van der Waals surface area contributed by atoms with Crippen LogP contribution in [-0.4, -0.2) is 15.7 Å². The van der Waals surface area contributed by atoms with Gasteiger partial charge in [0, 0.05) is 11.0 Å². The van der Waals surface area contributed by atoms with Crippen molar-refractivity contribution in [2.24, 2.45) is 0 Å². The maximum Gasteiger partial charge on any atom is 0.274 e. The lowest BCUT2D eigenvalue weighted by atomic mass is 10.2. The van der Waals surface area contributed by atoms with Gasteiger partial charge in [0.15, 0.2) is 0 Å². The highest BCUT2D eigenvalue weighted by molar-refractivity contribution is 9.10. The number of carbonyl (C=O) groups excluding carboxylic acids is 1. The summed E-state index contributed by atoms with van der Waals surface area (Å²) < 4.78 is 16.2. The molecule has 0 aliphatic heterocycles. The van der Waals surface area contributed by atoms with Crippen LogP contribution in [0.5, 0.6) is 0 Å². The van der Waals surface area contributed by atoms with Crippen molar-refractivity contribution in [3.05, 3.63) is 52.4 Å². The third-order valence-electron chi connectivity index (χ3n) is 3.10. The molecule has 0 bridgehead atoms. The zero-order chi connectivity index (χ0) is 15.6. The standard InChI is InChI=1S/C15H16BrFN3O/c1-4-5-20-14(10(3)8-18-20)15(21)19-13-6-9(2)11(16)7-12(13)17/h6-8H,1,4-5H2,2-3H3,(H,19,21). The molecular formula is C15H16BrFN3O. The van der Waals surface area contributed by atoms with Gasteiger partial charge in [-0.15, -0.1) is 0 Å². The third kappa shape index (κ3) is 3.32. The third-order valence-corrected chi connectivity index (χ3v) is 3.96. The molecule has 0 spiro atoms. The summed E-state index contributed by atoms with van der Waals surface area (Å²) in [4.78, 5) is 12.4. The summed E-state index contributed by atoms with van der Waals surface area (Å²) in [6, 6.07) is 2.93. The van der Waals surface area contributed by atoms with Gasteiger partial charge in [-0.2, -0.15) is 5.10 Å². The van der Waals surface area contributed by atoms with Crippen LogP contribution in [-0.2, 0) is 6.54 Å². The molecule has 6 heteroatoms. The van der Waals surface area contributed by atoms with Crippen LogP contribution in [0.4, 0.5) is 10.1 Å². The number of benzene rings is 1. The zero-order valence-electron chi connectivity index (χ0n) is 11.9. The van der Waals surface area contributed by atoms with Crippen LogP contribution in [0.15, 0.2) is 22.8 Å². The van der Waals surface area contributed by atoms with Crippen molar-refractivity contribution in [1.29, 1.82) is 0 Å². The molecule has 1 aromatic heterocycles. The first-order chi connectivity index (χ1) is 9.93. The molecule has 1 N–H and O–H groups in total. The number of aromatic nitrogens is 2. The molecule has 1 amide bonds. The SMILES string of the molecule is [CH2]CCn1ncc(C)c1C(=O)Nc1cc(C)c(Br)cc1F. The van der Waals surface area contributed by atoms with Gasteiger partial charge in [0.1, 0.15) is 11.5 Å². The van der Waals surface area contributed by atoms with Gasteiger partial charge >= 0.3 is 0 Å². The molecule has 1 heterocycles. The average molecular weight is 353 g/mol. The van der Waals surface area contributed by atoms with Crippen LogP contribution in [0.1, 0.15) is 28.0 Å². The molecule has 0 fully saturated rings. The first kappa shape index (κ1) is 15.7. The van der Waals surface area contributed by atoms with Gasteiger partial charge in [-0.3, -0.25) is 9.48 Å². The number of rotatable bonds is 4. The lowest BCUT2D eigenvalue weighted by Gasteiger charge is -2.11. The summed E-state index contributed by atoms with van der Waals surface area (Å²) in [6.45, 7) is 7.92. The second kappa shape index (κ2) is 6.39. The van der Waals surface area contributed by atoms with E-state index in [1.54, 1.807) is 23.9 Å². The van der Waals surface area contributed by atoms with E-state index < -0.39 is 5.82 Å². The van der Waals surface area contributed by atoms with Gasteiger partial charge in [-0.1, -0.05) is 22.9 Å². The van der Waals surface area contributed by atoms with Crippen molar-refractivity contribution in [2.45, 2.75) is 26.8 Å². The lowest BCUT2D eigenvalue weighted by Crippen LogP contribution is -2.19. The van der Waals surface area contributed by atoms with Gasteiger partial charge < -0.3 is 5.32 Å². The van der Waals surface area contributed by atoms with Gasteiger partial charge in [-0.05, 0) is 43.5 Å². The van der Waals surface area contributed by atoms with E-state index >= 15 is 0 Å². The van der Waals surface area contributed by atoms with Crippen LogP contribution in [0.3, 0.4) is 0 Å². The summed E-state index contributed by atoms with van der Waals surface area (Å²) >= 11 is 3.26. The predicted molar refractivity (Wildman–Crippen MR) is 83.7 cm³/mol. The molecule has 1 radical (unpaired) electrons. The molecule has 111 valence electrons. The van der Waals surface area contributed by atoms with Gasteiger partial charge in [-0.25, -0.2) is 4.39 Å². The number of aryl methyl sites for hydroxylation is 3. The van der Waals surface area contributed by atoms with E-state index in [-0.39, 0.29) is 11.6 Å². The molecule has 21 heavy (non-hydrogen) atoms. The van der Waals surface area contributed by atoms with Crippen molar-refractivity contribution in [3.63, 3.8) is 0 Å².